The molecule has 3 aromatic rings. The maximum atomic E-state index is 15.0. The average Bonchev–Trinajstić information content (AvgIpc) is 3.33. The number of thiophene rings is 1. The molecule has 8 nitrogen and oxygen atoms in total. The van der Waals surface area contributed by atoms with E-state index in [4.69, 9.17) is 19.7 Å². The van der Waals surface area contributed by atoms with Gasteiger partial charge in [0.15, 0.2) is 10.9 Å². The van der Waals surface area contributed by atoms with Crippen LogP contribution in [0.2, 0.25) is 0 Å². The van der Waals surface area contributed by atoms with Gasteiger partial charge in [0.05, 0.1) is 36.5 Å². The van der Waals surface area contributed by atoms with Crippen LogP contribution in [0.3, 0.4) is 0 Å². The Morgan fingerprint density at radius 2 is 2.12 bits per heavy atom. The summed E-state index contributed by atoms with van der Waals surface area (Å²) in [6.07, 6.45) is 0. The second kappa shape index (κ2) is 8.06. The van der Waals surface area contributed by atoms with Crippen LogP contribution in [-0.2, 0) is 16.1 Å². The number of aliphatic imine (C=N–C) groups is 1. The Hall–Kier alpha value is -3.18. The number of hydrogen-bond donors (Lipinski definition) is 0. The molecule has 2 aliphatic rings. The van der Waals surface area contributed by atoms with E-state index in [1.807, 2.05) is 0 Å². The van der Waals surface area contributed by atoms with E-state index in [-0.39, 0.29) is 45.2 Å². The number of nitrogens with zero attached hydrogens (tertiary/aromatic N) is 4. The Balaban J connectivity index is 1.80. The summed E-state index contributed by atoms with van der Waals surface area (Å²) in [7, 11) is 0. The molecular weight excluding hydrogens is 442 g/mol. The number of fused-ring (bicyclic) bond motifs is 5. The number of halogens is 2. The van der Waals surface area contributed by atoms with E-state index in [0.29, 0.717) is 0 Å². The van der Waals surface area contributed by atoms with Gasteiger partial charge in [0.2, 0.25) is 0 Å². The molecule has 1 atom stereocenters. The van der Waals surface area contributed by atoms with E-state index in [1.54, 1.807) is 13.8 Å². The number of benzene rings is 1. The van der Waals surface area contributed by atoms with Crippen molar-refractivity contribution >= 4 is 23.0 Å². The highest BCUT2D eigenvalue weighted by Gasteiger charge is 2.35. The number of carbonyl (C=O) groups excluding carboxylic acids is 1. The van der Waals surface area contributed by atoms with Crippen molar-refractivity contribution in [1.82, 2.24) is 14.8 Å². The molecule has 0 spiro atoms. The van der Waals surface area contributed by atoms with E-state index >= 15 is 0 Å². The Labute approximate surface area is 191 Å². The third-order valence-electron chi connectivity index (χ3n) is 4.84. The van der Waals surface area contributed by atoms with Crippen LogP contribution in [0.15, 0.2) is 23.2 Å². The number of aromatic nitrogens is 3. The van der Waals surface area contributed by atoms with Crippen LogP contribution in [0.1, 0.15) is 58.5 Å². The fourth-order valence-electron chi connectivity index (χ4n) is 3.50. The zero-order chi connectivity index (χ0) is 26.0. The van der Waals surface area contributed by atoms with Crippen molar-refractivity contribution in [1.29, 1.82) is 0 Å². The van der Waals surface area contributed by atoms with Crippen LogP contribution in [0.4, 0.5) is 8.78 Å². The van der Waals surface area contributed by atoms with Gasteiger partial charge in [-0.1, -0.05) is 17.4 Å². The lowest BCUT2D eigenvalue weighted by Gasteiger charge is -2.12. The molecule has 11 heteroatoms. The van der Waals surface area contributed by atoms with Crippen LogP contribution in [-0.4, -0.2) is 46.2 Å². The summed E-state index contributed by atoms with van der Waals surface area (Å²) in [4.78, 5) is 21.1. The van der Waals surface area contributed by atoms with Crippen molar-refractivity contribution in [3.8, 4) is 10.1 Å². The van der Waals surface area contributed by atoms with E-state index in [2.05, 4.69) is 15.1 Å². The number of ether oxygens (including phenoxy) is 3. The molecule has 0 fully saturated rings. The minimum Gasteiger partial charge on any atom is -0.481 e. The molecule has 1 aromatic carbocycles. The fourth-order valence-corrected chi connectivity index (χ4v) is 4.58. The van der Waals surface area contributed by atoms with Gasteiger partial charge in [0.25, 0.3) is 5.82 Å². The number of rotatable bonds is 3. The first-order valence-electron chi connectivity index (χ1n) is 11.6. The predicted molar refractivity (Wildman–Crippen MR) is 111 cm³/mol. The molecular formula is C21H18F2N4O4S. The molecule has 0 amide bonds. The second-order valence-electron chi connectivity index (χ2n) is 6.82. The standard InChI is InChI=1S/C21H18F2N4O4S/c1-3-30-20(28)17-25-18-10(2)24-16(15-12(22)5-4-6-13(15)23)14-11-9-29-7-8-31-21(11)32-19(14)27(18)26-17/h4-6,10H,3,7-9H2,1-2H3/t10-/m0/s1/i7D2,8D2. The minimum atomic E-state index is -2.89. The number of hydrogen-bond acceptors (Lipinski definition) is 8. The number of carbonyl (C=O) groups is 1. The van der Waals surface area contributed by atoms with Gasteiger partial charge in [-0.2, -0.15) is 0 Å². The first-order valence-corrected chi connectivity index (χ1v) is 10.4. The molecule has 2 aliphatic heterocycles. The Bertz CT molecular complexity index is 1400. The van der Waals surface area contributed by atoms with Crippen molar-refractivity contribution in [2.75, 3.05) is 19.7 Å². The van der Waals surface area contributed by atoms with Gasteiger partial charge in [-0.15, -0.1) is 5.10 Å². The zero-order valence-corrected chi connectivity index (χ0v) is 17.6. The molecule has 166 valence electrons. The summed E-state index contributed by atoms with van der Waals surface area (Å²) in [5.41, 5.74) is -0.364. The molecule has 0 radical (unpaired) electrons. The molecule has 0 saturated heterocycles. The predicted octanol–water partition coefficient (Wildman–Crippen LogP) is 3.60. The first kappa shape index (κ1) is 16.5. The van der Waals surface area contributed by atoms with Crippen LogP contribution in [0, 0.1) is 11.6 Å². The van der Waals surface area contributed by atoms with Crippen molar-refractivity contribution in [3.05, 3.63) is 58.2 Å². The van der Waals surface area contributed by atoms with Crippen molar-refractivity contribution in [2.24, 2.45) is 4.99 Å². The van der Waals surface area contributed by atoms with Gasteiger partial charge in [-0.3, -0.25) is 4.99 Å². The lowest BCUT2D eigenvalue weighted by atomic mass is 9.99. The Morgan fingerprint density at radius 1 is 1.34 bits per heavy atom. The Kier molecular flexibility index (Phi) is 4.15. The molecule has 0 saturated carbocycles. The molecule has 4 heterocycles. The summed E-state index contributed by atoms with van der Waals surface area (Å²) in [5, 5.41) is 4.34. The van der Waals surface area contributed by atoms with Gasteiger partial charge in [0.1, 0.15) is 29.2 Å². The molecule has 0 N–H and O–H groups in total. The van der Waals surface area contributed by atoms with Gasteiger partial charge in [-0.05, 0) is 26.0 Å². The van der Waals surface area contributed by atoms with Crippen LogP contribution < -0.4 is 4.74 Å². The van der Waals surface area contributed by atoms with Gasteiger partial charge < -0.3 is 14.2 Å². The molecule has 0 aliphatic carbocycles. The summed E-state index contributed by atoms with van der Waals surface area (Å²) >= 11 is 0.834. The van der Waals surface area contributed by atoms with Crippen LogP contribution >= 0.6 is 11.3 Å². The summed E-state index contributed by atoms with van der Waals surface area (Å²) in [5.74, 6) is -2.66. The topological polar surface area (TPSA) is 87.8 Å². The maximum absolute atomic E-state index is 15.0. The second-order valence-corrected chi connectivity index (χ2v) is 7.78. The third kappa shape index (κ3) is 3.28. The SMILES string of the molecule is [2H]C1([2H])OCc2c(sc3c2C(c2c(F)cccc2F)=N[C@@H](C)c2nc(C(=O)OCC)nn2-3)OC1([2H])[2H]. The lowest BCUT2D eigenvalue weighted by Crippen LogP contribution is -2.13. The summed E-state index contributed by atoms with van der Waals surface area (Å²) in [6.45, 7) is -2.89. The zero-order valence-electron chi connectivity index (χ0n) is 20.8. The first-order chi connectivity index (χ1) is 16.9. The molecule has 0 unspecified atom stereocenters. The molecule has 0 bridgehead atoms. The highest BCUT2D eigenvalue weighted by Crippen LogP contribution is 2.44. The highest BCUT2D eigenvalue weighted by molar-refractivity contribution is 7.17. The summed E-state index contributed by atoms with van der Waals surface area (Å²) < 4.78 is 78.6. The third-order valence-corrected chi connectivity index (χ3v) is 5.93. The maximum Gasteiger partial charge on any atom is 0.378 e. The van der Waals surface area contributed by atoms with Crippen LogP contribution in [0.25, 0.3) is 5.00 Å². The van der Waals surface area contributed by atoms with Gasteiger partial charge in [0, 0.05) is 11.1 Å². The fraction of sp³-hybridized carbons (Fsp3) is 0.333. The summed E-state index contributed by atoms with van der Waals surface area (Å²) in [6, 6.07) is 2.52. The van der Waals surface area contributed by atoms with Crippen molar-refractivity contribution in [2.45, 2.75) is 26.5 Å². The van der Waals surface area contributed by atoms with Crippen molar-refractivity contribution in [3.63, 3.8) is 0 Å². The Morgan fingerprint density at radius 3 is 2.88 bits per heavy atom. The molecule has 5 rings (SSSR count). The average molecular weight is 464 g/mol. The van der Waals surface area contributed by atoms with E-state index in [1.165, 1.54) is 10.7 Å². The van der Waals surface area contributed by atoms with Gasteiger partial charge in [-0.25, -0.2) is 23.2 Å². The van der Waals surface area contributed by atoms with Crippen LogP contribution in [0.5, 0.6) is 5.06 Å². The van der Waals surface area contributed by atoms with Gasteiger partial charge >= 0.3 is 5.97 Å². The molecule has 32 heavy (non-hydrogen) atoms. The van der Waals surface area contributed by atoms with E-state index < -0.39 is 48.9 Å². The molecule has 2 aromatic heterocycles. The normalized spacial score (nSPS) is 22.2. The smallest absolute Gasteiger partial charge is 0.378 e. The quantitative estimate of drug-likeness (QED) is 0.551. The van der Waals surface area contributed by atoms with Crippen molar-refractivity contribution < 1.29 is 33.3 Å². The lowest BCUT2D eigenvalue weighted by molar-refractivity contribution is 0.0512. The number of esters is 1. The largest absolute Gasteiger partial charge is 0.481 e. The minimum absolute atomic E-state index is 0.0912. The van der Waals surface area contributed by atoms with E-state index in [9.17, 15) is 13.6 Å². The highest BCUT2D eigenvalue weighted by atomic mass is 32.1. The van der Waals surface area contributed by atoms with E-state index in [0.717, 1.165) is 23.5 Å². The monoisotopic (exact) mass is 464 g/mol.